The number of benzene rings is 4. The Morgan fingerprint density at radius 1 is 0.474 bits per heavy atom. The van der Waals surface area contributed by atoms with Crippen LogP contribution < -0.4 is 10.6 Å². The molecule has 1 fully saturated rings. The van der Waals surface area contributed by atoms with Crippen LogP contribution >= 0.6 is 0 Å². The minimum atomic E-state index is -0.479. The lowest BCUT2D eigenvalue weighted by atomic mass is 9.51. The highest BCUT2D eigenvalue weighted by Gasteiger charge is 2.58. The summed E-state index contributed by atoms with van der Waals surface area (Å²) >= 11 is 0. The maximum Gasteiger partial charge on any atom is 0.228 e. The minimum absolute atomic E-state index is 0.0730. The highest BCUT2D eigenvalue weighted by Crippen LogP contribution is 2.58. The van der Waals surface area contributed by atoms with Crippen LogP contribution in [0.4, 0.5) is 11.4 Å². The smallest absolute Gasteiger partial charge is 0.228 e. The van der Waals surface area contributed by atoms with Crippen LogP contribution in [0, 0.1) is 11.8 Å². The average Bonchev–Trinajstić information content (AvgIpc) is 2.91. The largest absolute Gasteiger partial charge is 0.326 e. The lowest BCUT2D eigenvalue weighted by molar-refractivity contribution is -0.138. The van der Waals surface area contributed by atoms with Gasteiger partial charge in [-0.25, -0.2) is 0 Å². The Bertz CT molecular complexity index is 1410. The number of carbonyl (C=O) groups is 2. The zero-order valence-electron chi connectivity index (χ0n) is 21.2. The highest BCUT2D eigenvalue weighted by atomic mass is 16.2. The first-order valence-electron chi connectivity index (χ1n) is 13.6. The third-order valence-corrected chi connectivity index (χ3v) is 8.75. The van der Waals surface area contributed by atoms with Gasteiger partial charge in [-0.05, 0) is 71.2 Å². The Kier molecular flexibility index (Phi) is 5.61. The van der Waals surface area contributed by atoms with E-state index < -0.39 is 11.8 Å². The van der Waals surface area contributed by atoms with Crippen molar-refractivity contribution in [3.05, 3.63) is 130 Å². The zero-order chi connectivity index (χ0) is 25.6. The van der Waals surface area contributed by atoms with Crippen molar-refractivity contribution in [3.63, 3.8) is 0 Å². The molecule has 4 heteroatoms. The van der Waals surface area contributed by atoms with Crippen molar-refractivity contribution in [2.45, 2.75) is 37.5 Å². The monoisotopic (exact) mass is 498 g/mol. The molecule has 6 bridgehead atoms. The number of amides is 2. The highest BCUT2D eigenvalue weighted by molar-refractivity contribution is 6.03. The van der Waals surface area contributed by atoms with Gasteiger partial charge in [0.2, 0.25) is 11.8 Å². The second kappa shape index (κ2) is 9.29. The third kappa shape index (κ3) is 3.92. The van der Waals surface area contributed by atoms with Gasteiger partial charge in [0.05, 0.1) is 11.8 Å². The van der Waals surface area contributed by atoms with E-state index in [0.717, 1.165) is 59.3 Å². The van der Waals surface area contributed by atoms with E-state index in [2.05, 4.69) is 71.3 Å². The summed E-state index contributed by atoms with van der Waals surface area (Å²) in [5.74, 6) is -1.29. The van der Waals surface area contributed by atoms with Crippen molar-refractivity contribution in [2.75, 3.05) is 10.6 Å². The van der Waals surface area contributed by atoms with Gasteiger partial charge in [0.1, 0.15) is 0 Å². The molecule has 5 aliphatic carbocycles. The summed E-state index contributed by atoms with van der Waals surface area (Å²) in [7, 11) is 0. The Morgan fingerprint density at radius 3 is 1.32 bits per heavy atom. The molecule has 1 heterocycles. The van der Waals surface area contributed by atoms with Gasteiger partial charge in [-0.3, -0.25) is 9.59 Å². The molecule has 0 spiro atoms. The Morgan fingerprint density at radius 2 is 0.895 bits per heavy atom. The maximum absolute atomic E-state index is 14.1. The number of nitrogens with one attached hydrogen (secondary N) is 2. The Labute approximate surface area is 223 Å². The summed E-state index contributed by atoms with van der Waals surface area (Å²) in [5, 5.41) is 6.61. The Hall–Kier alpha value is -4.18. The lowest BCUT2D eigenvalue weighted by Crippen LogP contribution is -2.54. The molecule has 38 heavy (non-hydrogen) atoms. The second-order valence-electron chi connectivity index (χ2n) is 10.9. The van der Waals surface area contributed by atoms with Crippen molar-refractivity contribution < 1.29 is 9.59 Å². The lowest BCUT2D eigenvalue weighted by Gasteiger charge is -2.51. The molecule has 1 saturated carbocycles. The van der Waals surface area contributed by atoms with Gasteiger partial charge in [-0.1, -0.05) is 84.9 Å². The maximum atomic E-state index is 14.1. The van der Waals surface area contributed by atoms with Crippen LogP contribution in [0.5, 0.6) is 0 Å². The van der Waals surface area contributed by atoms with Crippen molar-refractivity contribution >= 4 is 23.2 Å². The van der Waals surface area contributed by atoms with E-state index in [4.69, 9.17) is 0 Å². The molecular formula is C34H30N2O2. The number of hydrogen-bond donors (Lipinski definition) is 2. The summed E-state index contributed by atoms with van der Waals surface area (Å²) in [6.07, 6.45) is 3.34. The number of fused-ring (bicyclic) bond motifs is 1. The van der Waals surface area contributed by atoms with Gasteiger partial charge in [0.25, 0.3) is 0 Å². The SMILES string of the molecule is O=C1Nc2cc3ccc2CCc2ccc(cc2NC(=O)[C@H]2[C@@H]1[C@H](c1ccccc1)[C@@H]2c1ccccc1)CC3. The number of anilines is 2. The van der Waals surface area contributed by atoms with Crippen LogP contribution in [0.15, 0.2) is 97.1 Å². The quantitative estimate of drug-likeness (QED) is 0.342. The second-order valence-corrected chi connectivity index (χ2v) is 10.9. The van der Waals surface area contributed by atoms with E-state index >= 15 is 0 Å². The fraction of sp³-hybridized carbons (Fsp3) is 0.235. The first-order valence-corrected chi connectivity index (χ1v) is 13.6. The van der Waals surface area contributed by atoms with E-state index in [-0.39, 0.29) is 23.7 Å². The van der Waals surface area contributed by atoms with E-state index in [1.54, 1.807) is 0 Å². The molecule has 1 aliphatic heterocycles. The van der Waals surface area contributed by atoms with Crippen LogP contribution in [0.25, 0.3) is 0 Å². The first-order chi connectivity index (χ1) is 18.7. The molecule has 0 aromatic heterocycles. The number of hydrogen-bond acceptors (Lipinski definition) is 2. The van der Waals surface area contributed by atoms with Crippen LogP contribution in [0.1, 0.15) is 45.2 Å². The van der Waals surface area contributed by atoms with Crippen molar-refractivity contribution in [3.8, 4) is 0 Å². The number of carbonyl (C=O) groups excluding carboxylic acids is 2. The van der Waals surface area contributed by atoms with Crippen LogP contribution in [0.2, 0.25) is 0 Å². The molecule has 2 amide bonds. The topological polar surface area (TPSA) is 58.2 Å². The van der Waals surface area contributed by atoms with E-state index in [9.17, 15) is 9.59 Å². The minimum Gasteiger partial charge on any atom is -0.326 e. The Balaban J connectivity index is 1.40. The zero-order valence-corrected chi connectivity index (χ0v) is 21.2. The number of rotatable bonds is 2. The normalized spacial score (nSPS) is 23.9. The van der Waals surface area contributed by atoms with Crippen molar-refractivity contribution in [2.24, 2.45) is 11.8 Å². The van der Waals surface area contributed by atoms with Crippen LogP contribution in [0.3, 0.4) is 0 Å². The van der Waals surface area contributed by atoms with E-state index in [0.29, 0.717) is 0 Å². The first kappa shape index (κ1) is 23.0. The van der Waals surface area contributed by atoms with Gasteiger partial charge >= 0.3 is 0 Å². The van der Waals surface area contributed by atoms with Crippen molar-refractivity contribution in [1.29, 1.82) is 0 Å². The summed E-state index contributed by atoms with van der Waals surface area (Å²) in [6, 6.07) is 33.4. The molecule has 4 nitrogen and oxygen atoms in total. The van der Waals surface area contributed by atoms with Crippen LogP contribution in [-0.2, 0) is 35.3 Å². The van der Waals surface area contributed by atoms with Gasteiger partial charge in [-0.15, -0.1) is 0 Å². The molecule has 6 aliphatic rings. The van der Waals surface area contributed by atoms with E-state index in [1.807, 2.05) is 36.4 Å². The molecule has 2 N–H and O–H groups in total. The van der Waals surface area contributed by atoms with E-state index in [1.165, 1.54) is 11.1 Å². The third-order valence-electron chi connectivity index (χ3n) is 8.75. The summed E-state index contributed by atoms with van der Waals surface area (Å²) in [4.78, 5) is 28.3. The number of aryl methyl sites for hydroxylation is 4. The van der Waals surface area contributed by atoms with Crippen molar-refractivity contribution in [1.82, 2.24) is 0 Å². The fourth-order valence-corrected chi connectivity index (χ4v) is 6.80. The summed E-state index contributed by atoms with van der Waals surface area (Å²) < 4.78 is 0. The predicted molar refractivity (Wildman–Crippen MR) is 150 cm³/mol. The molecule has 0 unspecified atom stereocenters. The standard InChI is InChI=1S/C34H30N2O2/c37-33-31-29(25-7-3-1-4-8-25)30(26-9-5-2-6-10-26)32(31)34(38)36-28-20-22-12-11-21-13-15-23(27(19-21)35-33)17-18-24(28)16-14-22/h1-10,13-16,19-20,29-32H,11-12,17-18H2,(H,35,37)(H,36,38)/t29-,30+,31+,32-. The molecule has 4 atom stereocenters. The molecule has 188 valence electrons. The molecule has 4 aromatic carbocycles. The van der Waals surface area contributed by atoms with Crippen LogP contribution in [-0.4, -0.2) is 11.8 Å². The van der Waals surface area contributed by atoms with Gasteiger partial charge in [0.15, 0.2) is 0 Å². The molecular weight excluding hydrogens is 468 g/mol. The predicted octanol–water partition coefficient (Wildman–Crippen LogP) is 6.27. The van der Waals surface area contributed by atoms with Gasteiger partial charge in [0, 0.05) is 23.2 Å². The van der Waals surface area contributed by atoms with Gasteiger partial charge in [-0.2, -0.15) is 0 Å². The molecule has 0 radical (unpaired) electrons. The van der Waals surface area contributed by atoms with Gasteiger partial charge < -0.3 is 10.6 Å². The molecule has 10 rings (SSSR count). The average molecular weight is 499 g/mol. The molecule has 0 saturated heterocycles. The summed E-state index contributed by atoms with van der Waals surface area (Å²) in [6.45, 7) is 0. The summed E-state index contributed by atoms with van der Waals surface area (Å²) in [5.41, 5.74) is 8.66. The molecule has 4 aromatic rings. The fourth-order valence-electron chi connectivity index (χ4n) is 6.80.